The number of para-hydroxylation sites is 1. The lowest BCUT2D eigenvalue weighted by Gasteiger charge is -2.09. The number of thiazole rings is 1. The molecule has 0 aliphatic carbocycles. The summed E-state index contributed by atoms with van der Waals surface area (Å²) in [4.78, 5) is 55.9. The maximum atomic E-state index is 13.3. The Bertz CT molecular complexity index is 1460. The molecule has 178 valence electrons. The molecule has 0 atom stereocenters. The van der Waals surface area contributed by atoms with E-state index >= 15 is 0 Å². The Hall–Kier alpha value is -4.31. The molecule has 2 aromatic heterocycles. The maximum absolute atomic E-state index is 13.3. The van der Waals surface area contributed by atoms with E-state index in [4.69, 9.17) is 0 Å². The van der Waals surface area contributed by atoms with Gasteiger partial charge in [-0.15, -0.1) is 0 Å². The van der Waals surface area contributed by atoms with Gasteiger partial charge in [-0.1, -0.05) is 42.9 Å². The molecule has 2 amide bonds. The van der Waals surface area contributed by atoms with Crippen molar-refractivity contribution >= 4 is 45.5 Å². The van der Waals surface area contributed by atoms with Gasteiger partial charge < -0.3 is 15.4 Å². The molecule has 2 aromatic carbocycles. The van der Waals surface area contributed by atoms with Crippen LogP contribution in [0.5, 0.6) is 0 Å². The van der Waals surface area contributed by atoms with Crippen LogP contribution in [0.25, 0.3) is 4.96 Å². The van der Waals surface area contributed by atoms with Crippen LogP contribution < -0.4 is 16.2 Å². The monoisotopic (exact) mass is 490 g/mol. The van der Waals surface area contributed by atoms with Gasteiger partial charge in [-0.2, -0.15) is 0 Å². The Balaban J connectivity index is 1.75. The number of nitrogens with one attached hydrogen (secondary N) is 2. The molecule has 4 rings (SSSR count). The third-order valence-corrected chi connectivity index (χ3v) is 6.14. The molecule has 9 nitrogen and oxygen atoms in total. The molecule has 10 heteroatoms. The number of methoxy groups -OCH3 is 1. The largest absolute Gasteiger partial charge is 0.465 e. The number of ether oxygens (including phenoxy) is 1. The van der Waals surface area contributed by atoms with Crippen LogP contribution in [0.4, 0.5) is 11.4 Å². The molecule has 0 aliphatic rings. The third-order valence-electron chi connectivity index (χ3n) is 5.10. The summed E-state index contributed by atoms with van der Waals surface area (Å²) in [6, 6.07) is 16.2. The van der Waals surface area contributed by atoms with Gasteiger partial charge in [-0.25, -0.2) is 14.2 Å². The molecular weight excluding hydrogens is 468 g/mol. The average Bonchev–Trinajstić information content (AvgIpc) is 3.25. The summed E-state index contributed by atoms with van der Waals surface area (Å²) < 4.78 is 5.84. The first-order valence-electron chi connectivity index (χ1n) is 10.8. The standard InChI is InChI=1S/C25H22N4O5S/c1-3-7-18-14-19(30)29-20(22(31)26-17-12-10-15(11-13-17)24(33)34-2)21(35-25(29)28-18)23(32)27-16-8-5-4-6-9-16/h4-6,8-14H,3,7H2,1-2H3,(H,26,31)(H,27,32). The van der Waals surface area contributed by atoms with Gasteiger partial charge in [-0.3, -0.25) is 14.4 Å². The van der Waals surface area contributed by atoms with Gasteiger partial charge in [-0.05, 0) is 42.8 Å². The maximum Gasteiger partial charge on any atom is 0.337 e. The number of carbonyl (C=O) groups is 3. The minimum Gasteiger partial charge on any atom is -0.465 e. The van der Waals surface area contributed by atoms with E-state index in [2.05, 4.69) is 20.4 Å². The fourth-order valence-corrected chi connectivity index (χ4v) is 4.51. The number of amides is 2. The molecule has 0 radical (unpaired) electrons. The number of hydrogen-bond acceptors (Lipinski definition) is 7. The second-order valence-corrected chi connectivity index (χ2v) is 8.55. The van der Waals surface area contributed by atoms with Crippen LogP contribution in [0.2, 0.25) is 0 Å². The molecule has 0 aliphatic heterocycles. The predicted octanol–water partition coefficient (Wildman–Crippen LogP) is 4.00. The van der Waals surface area contributed by atoms with E-state index in [9.17, 15) is 19.2 Å². The SMILES string of the molecule is CCCc1cc(=O)n2c(C(=O)Nc3ccc(C(=O)OC)cc3)c(C(=O)Nc3ccccc3)sc2n1. The van der Waals surface area contributed by atoms with Crippen molar-refractivity contribution in [3.05, 3.63) is 92.8 Å². The van der Waals surface area contributed by atoms with Gasteiger partial charge in [0, 0.05) is 23.1 Å². The predicted molar refractivity (Wildman–Crippen MR) is 133 cm³/mol. The lowest BCUT2D eigenvalue weighted by molar-refractivity contribution is 0.0600. The summed E-state index contributed by atoms with van der Waals surface area (Å²) in [6.07, 6.45) is 1.40. The fraction of sp³-hybridized carbons (Fsp3) is 0.160. The van der Waals surface area contributed by atoms with Gasteiger partial charge in [0.15, 0.2) is 4.96 Å². The van der Waals surface area contributed by atoms with E-state index in [1.807, 2.05) is 13.0 Å². The normalized spacial score (nSPS) is 10.7. The number of rotatable bonds is 7. The number of benzene rings is 2. The summed E-state index contributed by atoms with van der Waals surface area (Å²) in [5, 5.41) is 5.46. The van der Waals surface area contributed by atoms with Crippen molar-refractivity contribution < 1.29 is 19.1 Å². The summed E-state index contributed by atoms with van der Waals surface area (Å²) >= 11 is 0.971. The molecular formula is C25H22N4O5S. The van der Waals surface area contributed by atoms with Gasteiger partial charge >= 0.3 is 5.97 Å². The zero-order valence-corrected chi connectivity index (χ0v) is 19.8. The second-order valence-electron chi connectivity index (χ2n) is 7.58. The van der Waals surface area contributed by atoms with Gasteiger partial charge in [0.25, 0.3) is 17.4 Å². The number of hydrogen-bond donors (Lipinski definition) is 2. The Labute approximate surface area is 204 Å². The lowest BCUT2D eigenvalue weighted by atomic mass is 10.2. The van der Waals surface area contributed by atoms with E-state index in [0.29, 0.717) is 29.1 Å². The highest BCUT2D eigenvalue weighted by molar-refractivity contribution is 7.19. The quantitative estimate of drug-likeness (QED) is 0.378. The fourth-order valence-electron chi connectivity index (χ4n) is 3.47. The summed E-state index contributed by atoms with van der Waals surface area (Å²) in [5.41, 5.74) is 1.28. The number of anilines is 2. The summed E-state index contributed by atoms with van der Waals surface area (Å²) in [5.74, 6) is -1.70. The van der Waals surface area contributed by atoms with Crippen molar-refractivity contribution in [1.82, 2.24) is 9.38 Å². The highest BCUT2D eigenvalue weighted by Gasteiger charge is 2.26. The Morgan fingerprint density at radius 2 is 1.63 bits per heavy atom. The molecule has 0 fully saturated rings. The first-order chi connectivity index (χ1) is 16.9. The Morgan fingerprint density at radius 1 is 0.971 bits per heavy atom. The first-order valence-corrected chi connectivity index (χ1v) is 11.6. The van der Waals surface area contributed by atoms with Crippen LogP contribution >= 0.6 is 11.3 Å². The van der Waals surface area contributed by atoms with Crippen LogP contribution in [-0.4, -0.2) is 34.3 Å². The first kappa shape index (κ1) is 23.8. The molecule has 2 N–H and O–H groups in total. The minimum atomic E-state index is -0.660. The number of nitrogens with zero attached hydrogens (tertiary/aromatic N) is 2. The zero-order valence-electron chi connectivity index (χ0n) is 19.0. The number of fused-ring (bicyclic) bond motifs is 1. The van der Waals surface area contributed by atoms with Gasteiger partial charge in [0.1, 0.15) is 10.6 Å². The molecule has 0 unspecified atom stereocenters. The van der Waals surface area contributed by atoms with E-state index in [1.54, 1.807) is 24.3 Å². The van der Waals surface area contributed by atoms with Crippen LogP contribution in [0, 0.1) is 0 Å². The number of esters is 1. The van der Waals surface area contributed by atoms with E-state index < -0.39 is 23.3 Å². The zero-order chi connectivity index (χ0) is 24.9. The highest BCUT2D eigenvalue weighted by Crippen LogP contribution is 2.24. The minimum absolute atomic E-state index is 0.0517. The molecule has 4 aromatic rings. The van der Waals surface area contributed by atoms with Crippen molar-refractivity contribution in [2.45, 2.75) is 19.8 Å². The molecule has 0 spiro atoms. The Kier molecular flexibility index (Phi) is 7.02. The Morgan fingerprint density at radius 3 is 2.29 bits per heavy atom. The number of aromatic nitrogens is 2. The van der Waals surface area contributed by atoms with Crippen molar-refractivity contribution in [2.75, 3.05) is 17.7 Å². The van der Waals surface area contributed by atoms with Crippen molar-refractivity contribution in [3.63, 3.8) is 0 Å². The smallest absolute Gasteiger partial charge is 0.337 e. The second kappa shape index (κ2) is 10.3. The van der Waals surface area contributed by atoms with Crippen LogP contribution in [0.3, 0.4) is 0 Å². The van der Waals surface area contributed by atoms with Crippen LogP contribution in [-0.2, 0) is 11.2 Å². The van der Waals surface area contributed by atoms with Crippen molar-refractivity contribution in [3.8, 4) is 0 Å². The van der Waals surface area contributed by atoms with Crippen LogP contribution in [0.15, 0.2) is 65.5 Å². The van der Waals surface area contributed by atoms with Gasteiger partial charge in [0.2, 0.25) is 0 Å². The molecule has 0 saturated heterocycles. The summed E-state index contributed by atoms with van der Waals surface area (Å²) in [6.45, 7) is 1.97. The van der Waals surface area contributed by atoms with E-state index in [0.717, 1.165) is 22.2 Å². The van der Waals surface area contributed by atoms with E-state index in [1.165, 1.54) is 37.4 Å². The molecule has 0 bridgehead atoms. The molecule has 0 saturated carbocycles. The van der Waals surface area contributed by atoms with Crippen molar-refractivity contribution in [2.24, 2.45) is 0 Å². The highest BCUT2D eigenvalue weighted by atomic mass is 32.1. The van der Waals surface area contributed by atoms with Crippen molar-refractivity contribution in [1.29, 1.82) is 0 Å². The summed E-state index contributed by atoms with van der Waals surface area (Å²) in [7, 11) is 1.28. The lowest BCUT2D eigenvalue weighted by Crippen LogP contribution is -2.25. The van der Waals surface area contributed by atoms with E-state index in [-0.39, 0.29) is 15.5 Å². The third kappa shape index (κ3) is 5.12. The number of aryl methyl sites for hydroxylation is 1. The topological polar surface area (TPSA) is 119 Å². The number of carbonyl (C=O) groups excluding carboxylic acids is 3. The molecule has 35 heavy (non-hydrogen) atoms. The molecule has 2 heterocycles. The van der Waals surface area contributed by atoms with Crippen LogP contribution in [0.1, 0.15) is 49.6 Å². The average molecular weight is 491 g/mol. The van der Waals surface area contributed by atoms with Gasteiger partial charge in [0.05, 0.1) is 12.7 Å².